The van der Waals surface area contributed by atoms with E-state index in [1.54, 1.807) is 17.5 Å². The Morgan fingerprint density at radius 1 is 1.44 bits per heavy atom. The highest BCUT2D eigenvalue weighted by Gasteiger charge is 2.09. The molecule has 1 N–H and O–H groups in total. The highest BCUT2D eigenvalue weighted by Crippen LogP contribution is 2.22. The average molecular weight is 234 g/mol. The Balaban J connectivity index is 2.05. The summed E-state index contributed by atoms with van der Waals surface area (Å²) >= 11 is 1.74. The van der Waals surface area contributed by atoms with Crippen molar-refractivity contribution in [1.29, 1.82) is 0 Å². The molecule has 84 valence electrons. The first-order chi connectivity index (χ1) is 7.79. The second-order valence-corrected chi connectivity index (χ2v) is 4.63. The first-order valence-corrected chi connectivity index (χ1v) is 6.08. The fourth-order valence-corrected chi connectivity index (χ4v) is 2.21. The van der Waals surface area contributed by atoms with Gasteiger partial charge < -0.3 is 5.32 Å². The Morgan fingerprint density at radius 2 is 2.31 bits per heavy atom. The maximum Gasteiger partial charge on any atom is 0.129 e. The van der Waals surface area contributed by atoms with Gasteiger partial charge in [0.2, 0.25) is 0 Å². The Bertz CT molecular complexity index is 440. The summed E-state index contributed by atoms with van der Waals surface area (Å²) in [6, 6.07) is 2.03. The standard InChI is InChI=1S/C11H14N4S/c1-3-9-6-13-11(16-9)8(2)15-10-4-5-12-7-14-10/h4-8H,3H2,1-2H3,(H,12,14,15). The summed E-state index contributed by atoms with van der Waals surface area (Å²) in [4.78, 5) is 13.7. The molecule has 0 aliphatic rings. The van der Waals surface area contributed by atoms with Gasteiger partial charge in [0.1, 0.15) is 17.2 Å². The van der Waals surface area contributed by atoms with E-state index in [0.29, 0.717) is 0 Å². The van der Waals surface area contributed by atoms with Crippen molar-refractivity contribution in [3.05, 3.63) is 34.7 Å². The molecule has 0 saturated heterocycles. The van der Waals surface area contributed by atoms with E-state index in [4.69, 9.17) is 0 Å². The van der Waals surface area contributed by atoms with Crippen molar-refractivity contribution in [3.63, 3.8) is 0 Å². The summed E-state index contributed by atoms with van der Waals surface area (Å²) in [5.41, 5.74) is 0. The molecular weight excluding hydrogens is 220 g/mol. The maximum absolute atomic E-state index is 4.40. The largest absolute Gasteiger partial charge is 0.361 e. The third-order valence-electron chi connectivity index (χ3n) is 2.24. The topological polar surface area (TPSA) is 50.7 Å². The van der Waals surface area contributed by atoms with Gasteiger partial charge in [-0.2, -0.15) is 0 Å². The molecular formula is C11H14N4S. The fraction of sp³-hybridized carbons (Fsp3) is 0.364. The molecule has 0 amide bonds. The summed E-state index contributed by atoms with van der Waals surface area (Å²) in [5.74, 6) is 0.829. The van der Waals surface area contributed by atoms with E-state index in [0.717, 1.165) is 17.2 Å². The molecule has 2 aromatic rings. The Kier molecular flexibility index (Phi) is 3.46. The molecule has 2 heterocycles. The molecule has 0 fully saturated rings. The second-order valence-electron chi connectivity index (χ2n) is 3.48. The quantitative estimate of drug-likeness (QED) is 0.883. The molecule has 16 heavy (non-hydrogen) atoms. The van der Waals surface area contributed by atoms with Crippen LogP contribution in [0.3, 0.4) is 0 Å². The van der Waals surface area contributed by atoms with Gasteiger partial charge in [-0.3, -0.25) is 0 Å². The van der Waals surface area contributed by atoms with E-state index < -0.39 is 0 Å². The molecule has 4 nitrogen and oxygen atoms in total. The van der Waals surface area contributed by atoms with Crippen LogP contribution in [0.25, 0.3) is 0 Å². The number of hydrogen-bond acceptors (Lipinski definition) is 5. The van der Waals surface area contributed by atoms with Crippen molar-refractivity contribution in [2.75, 3.05) is 5.32 Å². The average Bonchev–Trinajstić information content (AvgIpc) is 2.79. The highest BCUT2D eigenvalue weighted by atomic mass is 32.1. The van der Waals surface area contributed by atoms with E-state index in [1.807, 2.05) is 12.3 Å². The van der Waals surface area contributed by atoms with Gasteiger partial charge in [0.25, 0.3) is 0 Å². The van der Waals surface area contributed by atoms with Gasteiger partial charge in [0.05, 0.1) is 6.04 Å². The monoisotopic (exact) mass is 234 g/mol. The number of nitrogens with zero attached hydrogens (tertiary/aromatic N) is 3. The van der Waals surface area contributed by atoms with Crippen molar-refractivity contribution in [2.24, 2.45) is 0 Å². The summed E-state index contributed by atoms with van der Waals surface area (Å²) in [6.45, 7) is 4.22. The van der Waals surface area contributed by atoms with Crippen LogP contribution in [0.15, 0.2) is 24.8 Å². The molecule has 0 bridgehead atoms. The maximum atomic E-state index is 4.40. The predicted octanol–water partition coefficient (Wildman–Crippen LogP) is 2.67. The molecule has 1 atom stereocenters. The number of nitrogens with one attached hydrogen (secondary N) is 1. The Labute approximate surface area is 98.8 Å². The number of aryl methyl sites for hydroxylation is 1. The van der Waals surface area contributed by atoms with E-state index >= 15 is 0 Å². The SMILES string of the molecule is CCc1cnc(C(C)Nc2ccncn2)s1. The third kappa shape index (κ3) is 2.55. The van der Waals surface area contributed by atoms with E-state index in [2.05, 4.69) is 34.1 Å². The van der Waals surface area contributed by atoms with Crippen molar-refractivity contribution >= 4 is 17.2 Å². The number of thiazole rings is 1. The van der Waals surface area contributed by atoms with Crippen LogP contribution in [0, 0.1) is 0 Å². The van der Waals surface area contributed by atoms with Gasteiger partial charge in [0.15, 0.2) is 0 Å². The van der Waals surface area contributed by atoms with Crippen LogP contribution in [0.1, 0.15) is 29.8 Å². The van der Waals surface area contributed by atoms with Gasteiger partial charge in [-0.05, 0) is 19.4 Å². The minimum Gasteiger partial charge on any atom is -0.361 e. The van der Waals surface area contributed by atoms with Crippen LogP contribution in [0.5, 0.6) is 0 Å². The van der Waals surface area contributed by atoms with Gasteiger partial charge in [-0.25, -0.2) is 15.0 Å². The molecule has 2 aromatic heterocycles. The van der Waals surface area contributed by atoms with Crippen LogP contribution >= 0.6 is 11.3 Å². The van der Waals surface area contributed by atoms with Crippen molar-refractivity contribution in [3.8, 4) is 0 Å². The lowest BCUT2D eigenvalue weighted by molar-refractivity contribution is 0.858. The third-order valence-corrected chi connectivity index (χ3v) is 3.56. The van der Waals surface area contributed by atoms with Crippen LogP contribution < -0.4 is 5.32 Å². The summed E-state index contributed by atoms with van der Waals surface area (Å²) in [6.07, 6.45) is 6.24. The zero-order chi connectivity index (χ0) is 11.4. The zero-order valence-electron chi connectivity index (χ0n) is 9.34. The van der Waals surface area contributed by atoms with Gasteiger partial charge in [-0.1, -0.05) is 6.92 Å². The van der Waals surface area contributed by atoms with Crippen molar-refractivity contribution in [2.45, 2.75) is 26.3 Å². The summed E-state index contributed by atoms with van der Waals surface area (Å²) in [7, 11) is 0. The van der Waals surface area contributed by atoms with Crippen LogP contribution in [-0.2, 0) is 6.42 Å². The van der Waals surface area contributed by atoms with E-state index in [9.17, 15) is 0 Å². The first kappa shape index (κ1) is 11.0. The lowest BCUT2D eigenvalue weighted by Gasteiger charge is -2.10. The molecule has 2 rings (SSSR count). The van der Waals surface area contributed by atoms with Gasteiger partial charge >= 0.3 is 0 Å². The molecule has 1 unspecified atom stereocenters. The smallest absolute Gasteiger partial charge is 0.129 e. The second kappa shape index (κ2) is 5.03. The zero-order valence-corrected chi connectivity index (χ0v) is 10.2. The molecule has 0 saturated carbocycles. The highest BCUT2D eigenvalue weighted by molar-refractivity contribution is 7.11. The molecule has 0 radical (unpaired) electrons. The molecule has 0 aliphatic carbocycles. The summed E-state index contributed by atoms with van der Waals surface area (Å²) < 4.78 is 0. The minimum atomic E-state index is 0.181. The van der Waals surface area contributed by atoms with Crippen molar-refractivity contribution < 1.29 is 0 Å². The summed E-state index contributed by atoms with van der Waals surface area (Å²) in [5, 5.41) is 4.39. The first-order valence-electron chi connectivity index (χ1n) is 5.26. The number of rotatable bonds is 4. The van der Waals surface area contributed by atoms with Gasteiger partial charge in [0, 0.05) is 17.3 Å². The predicted molar refractivity (Wildman–Crippen MR) is 65.6 cm³/mol. The van der Waals surface area contributed by atoms with Crippen LogP contribution in [-0.4, -0.2) is 15.0 Å². The van der Waals surface area contributed by atoms with Crippen LogP contribution in [0.2, 0.25) is 0 Å². The molecule has 0 spiro atoms. The number of aromatic nitrogens is 3. The lowest BCUT2D eigenvalue weighted by atomic mass is 10.3. The molecule has 0 aliphatic heterocycles. The van der Waals surface area contributed by atoms with Gasteiger partial charge in [-0.15, -0.1) is 11.3 Å². The van der Waals surface area contributed by atoms with E-state index in [-0.39, 0.29) is 6.04 Å². The molecule has 0 aromatic carbocycles. The minimum absolute atomic E-state index is 0.181. The number of hydrogen-bond donors (Lipinski definition) is 1. The Morgan fingerprint density at radius 3 is 2.94 bits per heavy atom. The normalized spacial score (nSPS) is 12.4. The van der Waals surface area contributed by atoms with Crippen LogP contribution in [0.4, 0.5) is 5.82 Å². The lowest BCUT2D eigenvalue weighted by Crippen LogP contribution is -2.07. The number of anilines is 1. The molecule has 5 heteroatoms. The Hall–Kier alpha value is -1.49. The fourth-order valence-electron chi connectivity index (χ4n) is 1.35. The van der Waals surface area contributed by atoms with E-state index in [1.165, 1.54) is 11.2 Å². The van der Waals surface area contributed by atoms with Crippen molar-refractivity contribution in [1.82, 2.24) is 15.0 Å².